The van der Waals surface area contributed by atoms with E-state index in [1.165, 1.54) is 14.2 Å². The van der Waals surface area contributed by atoms with Crippen LogP contribution in [0.1, 0.15) is 12.8 Å². The first-order valence-corrected chi connectivity index (χ1v) is 6.22. The second kappa shape index (κ2) is 3.17. The highest BCUT2D eigenvalue weighted by Crippen LogP contribution is 2.68. The Bertz CT molecular complexity index is 306. The maximum absolute atomic E-state index is 12.1. The van der Waals surface area contributed by atoms with Gasteiger partial charge in [0.2, 0.25) is 0 Å². The first kappa shape index (κ1) is 10.4. The molecule has 2 aliphatic carbocycles. The number of hydrogen-bond acceptors (Lipinski definition) is 4. The predicted octanol–water partition coefficient (Wildman–Crippen LogP) is 1.76. The normalized spacial score (nSPS) is 40.8. The molecule has 0 aliphatic heterocycles. The van der Waals surface area contributed by atoms with Crippen molar-refractivity contribution in [1.29, 1.82) is 0 Å². The largest absolute Gasteiger partial charge is 0.377 e. The molecule has 0 aromatic carbocycles. The van der Waals surface area contributed by atoms with E-state index in [0.29, 0.717) is 12.3 Å². The zero-order valence-electron chi connectivity index (χ0n) is 8.34. The van der Waals surface area contributed by atoms with Crippen molar-refractivity contribution in [2.75, 3.05) is 14.2 Å². The summed E-state index contributed by atoms with van der Waals surface area (Å²) >= 11 is 0. The number of aliphatic hydroxyl groups is 1. The molecule has 0 aromatic heterocycles. The van der Waals surface area contributed by atoms with Crippen LogP contribution in [-0.2, 0) is 13.6 Å². The van der Waals surface area contributed by atoms with E-state index in [1.54, 1.807) is 0 Å². The van der Waals surface area contributed by atoms with E-state index in [1.807, 2.05) is 6.08 Å². The standard InChI is InChI=1S/C9H15O4P/c1-12-14(11,13-2)9(10)6-7-3-4-8(9)5-7/h3-4,7-8,10H,5-6H2,1-2H3/t7-,8+,9-/m1/s1. The van der Waals surface area contributed by atoms with E-state index in [9.17, 15) is 9.67 Å². The number of hydrogen-bond donors (Lipinski definition) is 1. The highest BCUT2D eigenvalue weighted by atomic mass is 31.2. The molecule has 0 aromatic rings. The summed E-state index contributed by atoms with van der Waals surface area (Å²) in [6.45, 7) is 0. The van der Waals surface area contributed by atoms with E-state index >= 15 is 0 Å². The van der Waals surface area contributed by atoms with Gasteiger partial charge in [0.25, 0.3) is 0 Å². The molecular formula is C9H15O4P. The number of allylic oxidation sites excluding steroid dienone is 1. The summed E-state index contributed by atoms with van der Waals surface area (Å²) < 4.78 is 21.9. The van der Waals surface area contributed by atoms with Gasteiger partial charge in [-0.05, 0) is 18.8 Å². The molecule has 4 nitrogen and oxygen atoms in total. The van der Waals surface area contributed by atoms with Crippen LogP contribution in [0.25, 0.3) is 0 Å². The number of fused-ring (bicyclic) bond motifs is 2. The Kier molecular flexibility index (Phi) is 2.35. The molecular weight excluding hydrogens is 203 g/mol. The maximum Gasteiger partial charge on any atom is 0.362 e. The van der Waals surface area contributed by atoms with Gasteiger partial charge in [0.15, 0.2) is 5.34 Å². The fraction of sp³-hybridized carbons (Fsp3) is 0.778. The van der Waals surface area contributed by atoms with E-state index in [2.05, 4.69) is 6.08 Å². The van der Waals surface area contributed by atoms with Crippen molar-refractivity contribution in [1.82, 2.24) is 0 Å². The van der Waals surface area contributed by atoms with Crippen LogP contribution in [0.4, 0.5) is 0 Å². The maximum atomic E-state index is 12.1. The van der Waals surface area contributed by atoms with Crippen LogP contribution in [0.15, 0.2) is 12.2 Å². The fourth-order valence-corrected chi connectivity index (χ4v) is 4.35. The second-order valence-corrected chi connectivity index (χ2v) is 6.43. The predicted molar refractivity (Wildman–Crippen MR) is 51.9 cm³/mol. The van der Waals surface area contributed by atoms with Crippen LogP contribution in [0.2, 0.25) is 0 Å². The van der Waals surface area contributed by atoms with E-state index in [4.69, 9.17) is 9.05 Å². The third kappa shape index (κ3) is 1.15. The van der Waals surface area contributed by atoms with Gasteiger partial charge in [-0.2, -0.15) is 0 Å². The number of rotatable bonds is 3. The Balaban J connectivity index is 2.33. The first-order chi connectivity index (χ1) is 6.55. The van der Waals surface area contributed by atoms with Crippen LogP contribution in [0.5, 0.6) is 0 Å². The zero-order valence-corrected chi connectivity index (χ0v) is 9.24. The van der Waals surface area contributed by atoms with Crippen molar-refractivity contribution in [2.24, 2.45) is 11.8 Å². The van der Waals surface area contributed by atoms with Gasteiger partial charge in [-0.25, -0.2) is 0 Å². The first-order valence-electron chi connectivity index (χ1n) is 4.68. The van der Waals surface area contributed by atoms with Crippen LogP contribution < -0.4 is 0 Å². The van der Waals surface area contributed by atoms with Crippen LogP contribution in [0, 0.1) is 11.8 Å². The summed E-state index contributed by atoms with van der Waals surface area (Å²) in [5.74, 6) is 0.238. The van der Waals surface area contributed by atoms with Crippen molar-refractivity contribution in [3.8, 4) is 0 Å². The van der Waals surface area contributed by atoms with Crippen molar-refractivity contribution in [3.63, 3.8) is 0 Å². The van der Waals surface area contributed by atoms with Gasteiger partial charge in [-0.15, -0.1) is 0 Å². The minimum atomic E-state index is -3.38. The topological polar surface area (TPSA) is 55.8 Å². The van der Waals surface area contributed by atoms with Crippen LogP contribution in [0.3, 0.4) is 0 Å². The van der Waals surface area contributed by atoms with Gasteiger partial charge in [-0.3, -0.25) is 4.57 Å². The molecule has 5 heteroatoms. The van der Waals surface area contributed by atoms with Crippen molar-refractivity contribution >= 4 is 7.60 Å². The summed E-state index contributed by atoms with van der Waals surface area (Å²) in [7, 11) is -0.744. The Morgan fingerprint density at radius 2 is 2.07 bits per heavy atom. The van der Waals surface area contributed by atoms with Gasteiger partial charge in [0.1, 0.15) is 0 Å². The lowest BCUT2D eigenvalue weighted by Gasteiger charge is -2.34. The van der Waals surface area contributed by atoms with Crippen molar-refractivity contribution < 1.29 is 18.7 Å². The van der Waals surface area contributed by atoms with E-state index < -0.39 is 12.9 Å². The minimum absolute atomic E-state index is 0.0850. The van der Waals surface area contributed by atoms with Gasteiger partial charge in [-0.1, -0.05) is 12.2 Å². The third-order valence-corrected chi connectivity index (χ3v) is 5.71. The molecule has 2 aliphatic rings. The van der Waals surface area contributed by atoms with E-state index in [-0.39, 0.29) is 5.92 Å². The molecule has 3 atom stereocenters. The molecule has 1 N–H and O–H groups in total. The lowest BCUT2D eigenvalue weighted by Crippen LogP contribution is -2.34. The summed E-state index contributed by atoms with van der Waals surface area (Å²) in [5.41, 5.74) is 0. The van der Waals surface area contributed by atoms with Crippen molar-refractivity contribution in [2.45, 2.75) is 18.2 Å². The monoisotopic (exact) mass is 218 g/mol. The fourth-order valence-electron chi connectivity index (χ4n) is 2.51. The molecule has 14 heavy (non-hydrogen) atoms. The molecule has 0 unspecified atom stereocenters. The molecule has 0 radical (unpaired) electrons. The molecule has 1 fully saturated rings. The highest BCUT2D eigenvalue weighted by Gasteiger charge is 2.59. The summed E-state index contributed by atoms with van der Waals surface area (Å²) in [5, 5.41) is 9.03. The Labute approximate surface area is 83.4 Å². The summed E-state index contributed by atoms with van der Waals surface area (Å²) in [4.78, 5) is 0. The Morgan fingerprint density at radius 1 is 1.43 bits per heavy atom. The lowest BCUT2D eigenvalue weighted by molar-refractivity contribution is 0.0568. The summed E-state index contributed by atoms with van der Waals surface area (Å²) in [6, 6.07) is 0. The molecule has 2 bridgehead atoms. The van der Waals surface area contributed by atoms with Gasteiger partial charge >= 0.3 is 7.60 Å². The highest BCUT2D eigenvalue weighted by molar-refractivity contribution is 7.55. The Morgan fingerprint density at radius 3 is 2.43 bits per heavy atom. The molecule has 1 saturated carbocycles. The molecule has 0 spiro atoms. The van der Waals surface area contributed by atoms with Crippen LogP contribution in [-0.4, -0.2) is 24.7 Å². The molecule has 80 valence electrons. The van der Waals surface area contributed by atoms with Crippen LogP contribution >= 0.6 is 7.60 Å². The van der Waals surface area contributed by atoms with Gasteiger partial charge in [0, 0.05) is 20.1 Å². The lowest BCUT2D eigenvalue weighted by atomic mass is 10.0. The average Bonchev–Trinajstić information content (AvgIpc) is 2.76. The zero-order chi connectivity index (χ0) is 10.4. The molecule has 2 rings (SSSR count). The van der Waals surface area contributed by atoms with Gasteiger partial charge < -0.3 is 14.2 Å². The average molecular weight is 218 g/mol. The Hall–Kier alpha value is -0.150. The second-order valence-electron chi connectivity index (χ2n) is 3.93. The SMILES string of the molecule is COP(=O)(OC)[C@]1(O)C[C@@H]2C=C[C@H]1C2. The van der Waals surface area contributed by atoms with Gasteiger partial charge in [0.05, 0.1) is 0 Å². The molecule has 0 heterocycles. The smallest absolute Gasteiger partial charge is 0.362 e. The van der Waals surface area contributed by atoms with Crippen molar-refractivity contribution in [3.05, 3.63) is 12.2 Å². The van der Waals surface area contributed by atoms with E-state index in [0.717, 1.165) is 6.42 Å². The quantitative estimate of drug-likeness (QED) is 0.579. The molecule has 0 saturated heterocycles. The summed E-state index contributed by atoms with van der Waals surface area (Å²) in [6.07, 6.45) is 5.31. The molecule has 0 amide bonds. The minimum Gasteiger partial charge on any atom is -0.377 e. The third-order valence-electron chi connectivity index (χ3n) is 3.28.